The van der Waals surface area contributed by atoms with Gasteiger partial charge in [-0.15, -0.1) is 34.7 Å². The number of halogens is 1. The van der Waals surface area contributed by atoms with Gasteiger partial charge in [0.1, 0.15) is 41.5 Å². The molecule has 0 radical (unpaired) electrons. The van der Waals surface area contributed by atoms with E-state index in [0.717, 1.165) is 11.1 Å². The van der Waals surface area contributed by atoms with Gasteiger partial charge in [0.2, 0.25) is 12.1 Å². The Kier molecular flexibility index (Phi) is 8.46. The lowest BCUT2D eigenvalue weighted by Gasteiger charge is -2.49. The second-order valence-electron chi connectivity index (χ2n) is 6.77. The van der Waals surface area contributed by atoms with Crippen molar-refractivity contribution in [3.05, 3.63) is 27.9 Å². The number of aromatic nitrogens is 1. The van der Waals surface area contributed by atoms with Gasteiger partial charge in [-0.05, 0) is 0 Å². The zero-order valence-electron chi connectivity index (χ0n) is 17.4. The highest BCUT2D eigenvalue weighted by Gasteiger charge is 2.54. The number of ether oxygens (including phenoxy) is 1. The molecule has 2 aliphatic rings. The van der Waals surface area contributed by atoms with Crippen LogP contribution >= 0.6 is 34.7 Å². The van der Waals surface area contributed by atoms with Crippen LogP contribution in [0.15, 0.2) is 27.3 Å². The lowest BCUT2D eigenvalue weighted by atomic mass is 10.0. The van der Waals surface area contributed by atoms with E-state index in [9.17, 15) is 29.1 Å². The number of carboxylic acid groups (broad SMARTS) is 1. The summed E-state index contributed by atoms with van der Waals surface area (Å²) in [5, 5.41) is 18.9. The molecule has 34 heavy (non-hydrogen) atoms. The number of carbonyl (C=O) groups is 5. The highest BCUT2D eigenvalue weighted by Crippen LogP contribution is 2.40. The number of nitrogens with one attached hydrogen (secondary N) is 2. The van der Waals surface area contributed by atoms with Gasteiger partial charge in [-0.25, -0.2) is 9.78 Å². The number of aliphatic carboxylic acids is 1. The van der Waals surface area contributed by atoms with Crippen molar-refractivity contribution < 1.29 is 38.7 Å². The van der Waals surface area contributed by atoms with Crippen molar-refractivity contribution in [1.82, 2.24) is 20.5 Å². The molecule has 0 spiro atoms. The number of carboxylic acids is 1. The Morgan fingerprint density at radius 3 is 2.82 bits per heavy atom. The molecule has 3 amide bonds. The minimum atomic E-state index is -1.34. The fourth-order valence-corrected chi connectivity index (χ4v) is 4.97. The van der Waals surface area contributed by atoms with Crippen LogP contribution < -0.4 is 10.6 Å². The van der Waals surface area contributed by atoms with Crippen LogP contribution in [-0.2, 0) is 33.5 Å². The highest BCUT2D eigenvalue weighted by molar-refractivity contribution is 8.00. The predicted molar refractivity (Wildman–Crippen MR) is 120 cm³/mol. The van der Waals surface area contributed by atoms with Gasteiger partial charge in [-0.1, -0.05) is 5.16 Å². The molecular formula is C18H18ClN5O8S2. The van der Waals surface area contributed by atoms with E-state index in [1.54, 1.807) is 5.38 Å². The summed E-state index contributed by atoms with van der Waals surface area (Å²) >= 11 is 7.95. The first-order valence-electron chi connectivity index (χ1n) is 9.49. The molecule has 13 nitrogen and oxygen atoms in total. The molecule has 1 saturated heterocycles. The number of hydrogen-bond acceptors (Lipinski definition) is 11. The van der Waals surface area contributed by atoms with Crippen LogP contribution in [0, 0.1) is 0 Å². The maximum absolute atomic E-state index is 12.6. The van der Waals surface area contributed by atoms with Crippen LogP contribution in [0.5, 0.6) is 0 Å². The molecule has 16 heteroatoms. The summed E-state index contributed by atoms with van der Waals surface area (Å²) in [5.41, 5.74) is 1.88. The zero-order valence-corrected chi connectivity index (χ0v) is 19.8. The monoisotopic (exact) mass is 531 g/mol. The third kappa shape index (κ3) is 5.84. The first-order chi connectivity index (χ1) is 16.2. The van der Waals surface area contributed by atoms with E-state index in [0.29, 0.717) is 5.69 Å². The molecule has 3 atom stereocenters. The Morgan fingerprint density at radius 1 is 1.44 bits per heavy atom. The molecule has 0 aromatic carbocycles. The molecule has 3 rings (SSSR count). The van der Waals surface area contributed by atoms with Crippen molar-refractivity contribution >= 4 is 70.6 Å². The number of fused-ring (bicyclic) bond motifs is 1. The van der Waals surface area contributed by atoms with Crippen molar-refractivity contribution in [3.63, 3.8) is 0 Å². The van der Waals surface area contributed by atoms with Gasteiger partial charge in [0.25, 0.3) is 11.8 Å². The maximum Gasteiger partial charge on any atom is 0.352 e. The van der Waals surface area contributed by atoms with Crippen LogP contribution in [-0.4, -0.2) is 80.5 Å². The first-order valence-corrected chi connectivity index (χ1v) is 12.0. The summed E-state index contributed by atoms with van der Waals surface area (Å²) < 4.78 is 4.87. The van der Waals surface area contributed by atoms with Crippen LogP contribution in [0.2, 0.25) is 0 Å². The number of alkyl halides is 1. The van der Waals surface area contributed by atoms with Crippen LogP contribution in [0.4, 0.5) is 0 Å². The van der Waals surface area contributed by atoms with Crippen molar-refractivity contribution in [2.24, 2.45) is 5.16 Å². The normalized spacial score (nSPS) is 20.3. The summed E-state index contributed by atoms with van der Waals surface area (Å²) in [6.45, 7) is 0.943. The van der Waals surface area contributed by atoms with E-state index in [4.69, 9.17) is 21.2 Å². The number of hydrogen-bond donors (Lipinski definition) is 3. The number of thiazole rings is 1. The smallest absolute Gasteiger partial charge is 0.352 e. The molecule has 1 unspecified atom stereocenters. The van der Waals surface area contributed by atoms with Crippen LogP contribution in [0.25, 0.3) is 0 Å². The van der Waals surface area contributed by atoms with E-state index >= 15 is 0 Å². The van der Waals surface area contributed by atoms with E-state index in [2.05, 4.69) is 20.8 Å². The Bertz CT molecular complexity index is 1050. The molecule has 1 aromatic heterocycles. The first kappa shape index (κ1) is 25.5. The SMILES string of the molecule is CC(=O)OCC1=C(C(=O)O)N2C(=O)[C@@H](NC(=O)C=NOC(NC(=O)CCl)c3cscn3)[C@@H]2SC1. The number of carbonyl (C=O) groups excluding carboxylic acids is 4. The number of rotatable bonds is 10. The molecule has 0 aliphatic carbocycles. The fourth-order valence-electron chi connectivity index (χ4n) is 3.00. The number of nitrogens with zero attached hydrogens (tertiary/aromatic N) is 3. The highest BCUT2D eigenvalue weighted by atomic mass is 35.5. The average Bonchev–Trinajstić information content (AvgIpc) is 3.34. The molecular weight excluding hydrogens is 514 g/mol. The van der Waals surface area contributed by atoms with Gasteiger partial charge in [0, 0.05) is 23.6 Å². The van der Waals surface area contributed by atoms with Gasteiger partial charge in [-0.3, -0.25) is 24.1 Å². The standard InChI is InChI=1S/C18H18ClN5O8S2/c1-8(25)31-4-9-5-34-17-13(16(28)24(17)14(9)18(29)30)22-12(27)3-21-32-15(23-11(26)2-19)10-6-33-7-20-10/h3,6-7,13,15,17H,2,4-5H2,1H3,(H,22,27)(H,23,26)(H,29,30)/t13-,15?,17+/m1/s1. The predicted octanol–water partition coefficient (Wildman–Crippen LogP) is -0.199. The van der Waals surface area contributed by atoms with Crippen LogP contribution in [0.3, 0.4) is 0 Å². The molecule has 182 valence electrons. The summed E-state index contributed by atoms with van der Waals surface area (Å²) in [4.78, 5) is 69.3. The zero-order chi connectivity index (χ0) is 24.8. The lowest BCUT2D eigenvalue weighted by Crippen LogP contribution is -2.70. The number of oxime groups is 1. The van der Waals surface area contributed by atoms with E-state index in [1.165, 1.54) is 35.5 Å². The lowest BCUT2D eigenvalue weighted by molar-refractivity contribution is -0.150. The van der Waals surface area contributed by atoms with Gasteiger partial charge < -0.3 is 25.3 Å². The maximum atomic E-state index is 12.6. The van der Waals surface area contributed by atoms with Crippen molar-refractivity contribution in [2.75, 3.05) is 18.2 Å². The quantitative estimate of drug-likeness (QED) is 0.0914. The van der Waals surface area contributed by atoms with Crippen molar-refractivity contribution in [3.8, 4) is 0 Å². The summed E-state index contributed by atoms with van der Waals surface area (Å²) in [6.07, 6.45) is -0.300. The number of β-lactam (4-membered cyclic amide) rings is 1. The van der Waals surface area contributed by atoms with Crippen LogP contribution in [0.1, 0.15) is 18.8 Å². The molecule has 3 heterocycles. The van der Waals surface area contributed by atoms with E-state index in [1.807, 2.05) is 0 Å². The summed E-state index contributed by atoms with van der Waals surface area (Å²) in [7, 11) is 0. The molecule has 0 saturated carbocycles. The van der Waals surface area contributed by atoms with Gasteiger partial charge in [0.15, 0.2) is 0 Å². The Hall–Kier alpha value is -3.17. The third-order valence-electron chi connectivity index (χ3n) is 4.47. The fraction of sp³-hybridized carbons (Fsp3) is 0.389. The average molecular weight is 532 g/mol. The largest absolute Gasteiger partial charge is 0.477 e. The second kappa shape index (κ2) is 11.3. The number of amides is 3. The summed E-state index contributed by atoms with van der Waals surface area (Å²) in [6, 6.07) is -0.987. The number of esters is 1. The van der Waals surface area contributed by atoms with Gasteiger partial charge in [0.05, 0.1) is 5.51 Å². The van der Waals surface area contributed by atoms with Crippen molar-refractivity contribution in [1.29, 1.82) is 0 Å². The molecule has 1 fully saturated rings. The minimum Gasteiger partial charge on any atom is -0.477 e. The number of thioether (sulfide) groups is 1. The third-order valence-corrected chi connectivity index (χ3v) is 6.65. The Morgan fingerprint density at radius 2 is 2.21 bits per heavy atom. The molecule has 0 bridgehead atoms. The topological polar surface area (TPSA) is 177 Å². The molecule has 2 aliphatic heterocycles. The van der Waals surface area contributed by atoms with E-state index in [-0.39, 0.29) is 29.5 Å². The molecule has 1 aromatic rings. The van der Waals surface area contributed by atoms with Gasteiger partial charge >= 0.3 is 11.9 Å². The van der Waals surface area contributed by atoms with E-state index < -0.39 is 47.3 Å². The second-order valence-corrected chi connectivity index (χ2v) is 8.86. The summed E-state index contributed by atoms with van der Waals surface area (Å²) in [5.74, 6) is -3.98. The Balaban J connectivity index is 1.60. The van der Waals surface area contributed by atoms with Gasteiger partial charge in [-0.2, -0.15) is 0 Å². The minimum absolute atomic E-state index is 0.197. The molecule has 3 N–H and O–H groups in total. The Labute approximate surface area is 205 Å². The van der Waals surface area contributed by atoms with Crippen molar-refractivity contribution in [2.45, 2.75) is 24.6 Å².